The van der Waals surface area contributed by atoms with Gasteiger partial charge in [0, 0.05) is 48.9 Å². The van der Waals surface area contributed by atoms with Crippen LogP contribution in [0.5, 0.6) is 0 Å². The second-order valence-corrected chi connectivity index (χ2v) is 7.68. The second-order valence-electron chi connectivity index (χ2n) is 4.42. The minimum absolute atomic E-state index is 0.0389. The van der Waals surface area contributed by atoms with Gasteiger partial charge in [-0.2, -0.15) is 43.6 Å². The number of hydrogen-bond donors (Lipinski definition) is 1. The van der Waals surface area contributed by atoms with Gasteiger partial charge in [0.25, 0.3) is 0 Å². The van der Waals surface area contributed by atoms with Crippen molar-refractivity contribution in [3.05, 3.63) is 0 Å². The first-order valence-electron chi connectivity index (χ1n) is 6.04. The smallest absolute Gasteiger partial charge is 0.245 e. The van der Waals surface area contributed by atoms with Gasteiger partial charge in [0.1, 0.15) is 0 Å². The van der Waals surface area contributed by atoms with E-state index in [4.69, 9.17) is 0 Å². The Hall–Kier alpha value is 0.340. The van der Waals surface area contributed by atoms with Crippen molar-refractivity contribution in [1.29, 1.82) is 0 Å². The lowest BCUT2D eigenvalue weighted by molar-refractivity contribution is -0.238. The van der Waals surface area contributed by atoms with Crippen LogP contribution in [0.25, 0.3) is 0 Å². The molecule has 1 aliphatic rings. The summed E-state index contributed by atoms with van der Waals surface area (Å²) in [6, 6.07) is 0. The van der Waals surface area contributed by atoms with Crippen LogP contribution in [0, 0.1) is 0 Å². The molecule has 14 heteroatoms. The van der Waals surface area contributed by atoms with Crippen LogP contribution in [-0.4, -0.2) is 39.3 Å². The number of alkyl halides is 9. The maximum atomic E-state index is 13.6. The highest BCUT2D eigenvalue weighted by Crippen LogP contribution is 2.56. The van der Waals surface area contributed by atoms with Crippen molar-refractivity contribution in [1.82, 2.24) is 8.43 Å². The van der Waals surface area contributed by atoms with Crippen LogP contribution in [0.4, 0.5) is 39.5 Å². The maximum Gasteiger partial charge on any atom is 0.456 e. The molecule has 1 rings (SSSR count). The van der Waals surface area contributed by atoms with Crippen molar-refractivity contribution in [2.75, 3.05) is 13.1 Å². The normalized spacial score (nSPS) is 19.2. The van der Waals surface area contributed by atoms with E-state index in [1.807, 2.05) is 0 Å². The molecule has 0 radical (unpaired) electrons. The van der Waals surface area contributed by atoms with Crippen LogP contribution in [0.3, 0.4) is 0 Å². The van der Waals surface area contributed by atoms with Crippen molar-refractivity contribution < 1.29 is 39.5 Å². The average Bonchev–Trinajstić information content (AvgIpc) is 2.37. The van der Waals surface area contributed by atoms with Gasteiger partial charge >= 0.3 is 21.9 Å². The highest BCUT2D eigenvalue weighted by atomic mass is 32.2. The van der Waals surface area contributed by atoms with Crippen LogP contribution >= 0.6 is 35.8 Å². The van der Waals surface area contributed by atoms with E-state index in [1.54, 1.807) is 0 Å². The molecule has 1 aliphatic heterocycles. The van der Waals surface area contributed by atoms with Crippen molar-refractivity contribution in [2.24, 2.45) is 0 Å². The van der Waals surface area contributed by atoms with E-state index >= 15 is 0 Å². The standard InChI is InChI=1S/C9H11F9N2S3/c10-6(11,7(12,13)21-19-22-9(16,17)18)8(14,15)23-20-4-2-1-3-5-20/h19H,1-5H2. The SMILES string of the molecule is FC(F)(F)SNSC(F)(F)C(F)(F)C(F)(F)SN1CCCCC1. The van der Waals surface area contributed by atoms with E-state index in [2.05, 4.69) is 0 Å². The molecule has 0 aliphatic carbocycles. The summed E-state index contributed by atoms with van der Waals surface area (Å²) < 4.78 is 118. The summed E-state index contributed by atoms with van der Waals surface area (Å²) in [5.74, 6) is -5.86. The fraction of sp³-hybridized carbons (Fsp3) is 1.00. The van der Waals surface area contributed by atoms with Gasteiger partial charge < -0.3 is 0 Å². The Balaban J connectivity index is 2.71. The number of nitrogens with zero attached hydrogens (tertiary/aromatic N) is 1. The van der Waals surface area contributed by atoms with Crippen molar-refractivity contribution in [3.63, 3.8) is 0 Å². The topological polar surface area (TPSA) is 15.3 Å². The van der Waals surface area contributed by atoms with E-state index in [0.29, 0.717) is 19.3 Å². The highest BCUT2D eigenvalue weighted by molar-refractivity contribution is 8.13. The van der Waals surface area contributed by atoms with Crippen LogP contribution in [0.2, 0.25) is 0 Å². The Morgan fingerprint density at radius 2 is 1.22 bits per heavy atom. The molecule has 1 heterocycles. The third-order valence-electron chi connectivity index (χ3n) is 2.62. The predicted octanol–water partition coefficient (Wildman–Crippen LogP) is 5.35. The van der Waals surface area contributed by atoms with E-state index in [0.717, 1.165) is 8.43 Å². The lowest BCUT2D eigenvalue weighted by Gasteiger charge is -2.35. The third-order valence-corrected chi connectivity index (χ3v) is 5.14. The predicted molar refractivity (Wildman–Crippen MR) is 72.2 cm³/mol. The molecule has 0 bridgehead atoms. The number of hydrogen-bond acceptors (Lipinski definition) is 5. The Morgan fingerprint density at radius 1 is 0.696 bits per heavy atom. The molecule has 0 saturated carbocycles. The average molecular weight is 414 g/mol. The second kappa shape index (κ2) is 7.70. The summed E-state index contributed by atoms with van der Waals surface area (Å²) in [5, 5.41) is -10.6. The van der Waals surface area contributed by atoms with Gasteiger partial charge in [-0.1, -0.05) is 6.42 Å². The molecule has 2 nitrogen and oxygen atoms in total. The zero-order valence-corrected chi connectivity index (χ0v) is 13.6. The fourth-order valence-corrected chi connectivity index (χ4v) is 3.82. The third kappa shape index (κ3) is 5.97. The van der Waals surface area contributed by atoms with Crippen molar-refractivity contribution >= 4 is 35.8 Å². The summed E-state index contributed by atoms with van der Waals surface area (Å²) in [4.78, 5) is 0. The van der Waals surface area contributed by atoms with E-state index < -0.39 is 57.8 Å². The van der Waals surface area contributed by atoms with Gasteiger partial charge in [0.2, 0.25) is 0 Å². The van der Waals surface area contributed by atoms with Crippen molar-refractivity contribution in [3.8, 4) is 0 Å². The molecule has 0 aromatic heterocycles. The minimum atomic E-state index is -5.86. The summed E-state index contributed by atoms with van der Waals surface area (Å²) in [6.07, 6.45) is 1.64. The Kier molecular flexibility index (Phi) is 7.16. The molecule has 0 aromatic rings. The van der Waals surface area contributed by atoms with Gasteiger partial charge in [0.05, 0.1) is 0 Å². The van der Waals surface area contributed by atoms with E-state index in [-0.39, 0.29) is 13.1 Å². The highest BCUT2D eigenvalue weighted by Gasteiger charge is 2.73. The summed E-state index contributed by atoms with van der Waals surface area (Å²) >= 11 is -3.34. The van der Waals surface area contributed by atoms with Gasteiger partial charge in [0.15, 0.2) is 0 Å². The molecule has 0 aromatic carbocycles. The Labute approximate surface area is 138 Å². The number of halogens is 9. The molecule has 0 atom stereocenters. The molecule has 1 N–H and O–H groups in total. The summed E-state index contributed by atoms with van der Waals surface area (Å²) in [5.41, 5.74) is -5.02. The zero-order valence-electron chi connectivity index (χ0n) is 11.1. The molecule has 1 fully saturated rings. The van der Waals surface area contributed by atoms with Crippen molar-refractivity contribution in [2.45, 2.75) is 41.2 Å². The van der Waals surface area contributed by atoms with Crippen LogP contribution < -0.4 is 4.13 Å². The Morgan fingerprint density at radius 3 is 1.70 bits per heavy atom. The zero-order chi connectivity index (χ0) is 17.9. The molecular formula is C9H11F9N2S3. The first-order valence-corrected chi connectivity index (χ1v) is 8.44. The van der Waals surface area contributed by atoms with E-state index in [9.17, 15) is 39.5 Å². The van der Waals surface area contributed by atoms with E-state index in [1.165, 1.54) is 0 Å². The Bertz CT molecular complexity index is 385. The van der Waals surface area contributed by atoms with Gasteiger partial charge in [-0.3, -0.25) is 0 Å². The quantitative estimate of drug-likeness (QED) is 0.445. The lowest BCUT2D eigenvalue weighted by atomic mass is 10.2. The lowest BCUT2D eigenvalue weighted by Crippen LogP contribution is -2.52. The first-order chi connectivity index (χ1) is 10.3. The number of nitrogens with one attached hydrogen (secondary N) is 1. The molecular weight excluding hydrogens is 403 g/mol. The monoisotopic (exact) mass is 414 g/mol. The maximum absolute atomic E-state index is 13.6. The summed E-state index contributed by atoms with van der Waals surface area (Å²) in [7, 11) is 0. The molecule has 0 amide bonds. The number of rotatable bonds is 7. The van der Waals surface area contributed by atoms with Crippen LogP contribution in [0.1, 0.15) is 19.3 Å². The largest absolute Gasteiger partial charge is 0.456 e. The molecule has 138 valence electrons. The number of piperidine rings is 1. The molecule has 0 spiro atoms. The van der Waals surface area contributed by atoms with Gasteiger partial charge in [-0.25, -0.2) is 4.31 Å². The molecule has 23 heavy (non-hydrogen) atoms. The minimum Gasteiger partial charge on any atom is -0.245 e. The summed E-state index contributed by atoms with van der Waals surface area (Å²) in [6.45, 7) is 0.0778. The molecule has 0 unspecified atom stereocenters. The van der Waals surface area contributed by atoms with Crippen LogP contribution in [-0.2, 0) is 0 Å². The fourth-order valence-electron chi connectivity index (χ4n) is 1.53. The van der Waals surface area contributed by atoms with Gasteiger partial charge in [-0.05, 0) is 12.8 Å². The van der Waals surface area contributed by atoms with Gasteiger partial charge in [-0.15, -0.1) is 0 Å². The molecule has 1 saturated heterocycles. The van der Waals surface area contributed by atoms with Crippen LogP contribution in [0.15, 0.2) is 0 Å². The first kappa shape index (κ1) is 21.4.